The summed E-state index contributed by atoms with van der Waals surface area (Å²) in [5.74, 6) is 1.12. The molecule has 1 aromatic heterocycles. The van der Waals surface area contributed by atoms with Crippen LogP contribution >= 0.6 is 0 Å². The second kappa shape index (κ2) is 8.07. The number of ether oxygens (including phenoxy) is 2. The van der Waals surface area contributed by atoms with E-state index in [-0.39, 0.29) is 11.8 Å². The Hall–Kier alpha value is -3.09. The lowest BCUT2D eigenvalue weighted by molar-refractivity contribution is -0.129. The van der Waals surface area contributed by atoms with Gasteiger partial charge in [0.05, 0.1) is 19.8 Å². The maximum atomic E-state index is 12.7. The van der Waals surface area contributed by atoms with Crippen LogP contribution in [0.4, 0.5) is 0 Å². The van der Waals surface area contributed by atoms with Crippen molar-refractivity contribution in [2.75, 3.05) is 20.8 Å². The molecule has 1 N–H and O–H groups in total. The number of benzene rings is 1. The molecule has 3 rings (SSSR count). The molecule has 2 aromatic rings. The Balaban J connectivity index is 1.72. The average molecular weight is 369 g/mol. The van der Waals surface area contributed by atoms with Crippen LogP contribution in [-0.2, 0) is 24.3 Å². The zero-order valence-corrected chi connectivity index (χ0v) is 15.7. The first-order valence-electron chi connectivity index (χ1n) is 8.74. The number of hydrogen-bond acceptors (Lipinski definition) is 5. The summed E-state index contributed by atoms with van der Waals surface area (Å²) in [6.45, 7) is 3.03. The molecule has 0 bridgehead atoms. The van der Waals surface area contributed by atoms with Crippen molar-refractivity contribution >= 4 is 11.8 Å². The van der Waals surface area contributed by atoms with Crippen LogP contribution in [-0.4, -0.2) is 42.5 Å². The van der Waals surface area contributed by atoms with Gasteiger partial charge >= 0.3 is 0 Å². The minimum atomic E-state index is -0.176. The van der Waals surface area contributed by atoms with E-state index in [9.17, 15) is 9.59 Å². The first-order chi connectivity index (χ1) is 13.0. The van der Waals surface area contributed by atoms with Crippen molar-refractivity contribution in [3.8, 4) is 11.5 Å². The summed E-state index contributed by atoms with van der Waals surface area (Å²) in [7, 11) is 3.16. The number of nitrogens with zero attached hydrogens (tertiary/aromatic N) is 2. The number of methoxy groups -OCH3 is 2. The van der Waals surface area contributed by atoms with Crippen LogP contribution in [0, 0.1) is 0 Å². The lowest BCUT2D eigenvalue weighted by Gasteiger charge is -2.28. The predicted molar refractivity (Wildman–Crippen MR) is 99.7 cm³/mol. The van der Waals surface area contributed by atoms with Gasteiger partial charge in [0.15, 0.2) is 11.5 Å². The van der Waals surface area contributed by atoms with Crippen LogP contribution in [0.3, 0.4) is 0 Å². The third-order valence-corrected chi connectivity index (χ3v) is 4.73. The third kappa shape index (κ3) is 4.02. The summed E-state index contributed by atoms with van der Waals surface area (Å²) in [5, 5.41) is 2.93. The topological polar surface area (TPSA) is 80.8 Å². The van der Waals surface area contributed by atoms with Crippen LogP contribution in [0.1, 0.15) is 34.0 Å². The van der Waals surface area contributed by atoms with E-state index in [4.69, 9.17) is 9.47 Å². The lowest BCUT2D eigenvalue weighted by atomic mass is 9.96. The highest BCUT2D eigenvalue weighted by Crippen LogP contribution is 2.27. The molecule has 0 atom stereocenters. The maximum Gasteiger partial charge on any atom is 0.253 e. The first-order valence-corrected chi connectivity index (χ1v) is 8.74. The molecule has 1 aliphatic heterocycles. The summed E-state index contributed by atoms with van der Waals surface area (Å²) >= 11 is 0. The van der Waals surface area contributed by atoms with E-state index >= 15 is 0 Å². The fourth-order valence-electron chi connectivity index (χ4n) is 3.23. The minimum Gasteiger partial charge on any atom is -0.493 e. The molecule has 0 saturated heterocycles. The monoisotopic (exact) mass is 369 g/mol. The van der Waals surface area contributed by atoms with Crippen LogP contribution in [0.5, 0.6) is 11.5 Å². The standard InChI is InChI=1S/C20H23N3O4/c1-13(24)23-7-6-16-15(12-23)10-21-11-17(16)20(25)22-9-14-4-5-18(26-2)19(8-14)27-3/h4-5,8,10-11H,6-7,9,12H2,1-3H3,(H,22,25). The molecule has 27 heavy (non-hydrogen) atoms. The van der Waals surface area contributed by atoms with Gasteiger partial charge in [-0.25, -0.2) is 0 Å². The third-order valence-electron chi connectivity index (χ3n) is 4.73. The van der Waals surface area contributed by atoms with Crippen LogP contribution in [0.2, 0.25) is 0 Å². The molecule has 142 valence electrons. The molecule has 2 amide bonds. The van der Waals surface area contributed by atoms with Crippen LogP contribution in [0.25, 0.3) is 0 Å². The molecule has 1 aromatic carbocycles. The fourth-order valence-corrected chi connectivity index (χ4v) is 3.23. The highest BCUT2D eigenvalue weighted by molar-refractivity contribution is 5.95. The predicted octanol–water partition coefficient (Wildman–Crippen LogP) is 1.93. The Bertz CT molecular complexity index is 866. The second-order valence-corrected chi connectivity index (χ2v) is 6.39. The van der Waals surface area contributed by atoms with E-state index in [1.807, 2.05) is 18.2 Å². The molecule has 7 heteroatoms. The Morgan fingerprint density at radius 3 is 2.67 bits per heavy atom. The number of pyridine rings is 1. The Kier molecular flexibility index (Phi) is 5.59. The number of fused-ring (bicyclic) bond motifs is 1. The number of nitrogens with one attached hydrogen (secondary N) is 1. The van der Waals surface area contributed by atoms with Gasteiger partial charge in [0.1, 0.15) is 0 Å². The van der Waals surface area contributed by atoms with E-state index in [0.717, 1.165) is 16.7 Å². The van der Waals surface area contributed by atoms with E-state index in [0.29, 0.717) is 43.1 Å². The quantitative estimate of drug-likeness (QED) is 0.871. The summed E-state index contributed by atoms with van der Waals surface area (Å²) in [6.07, 6.45) is 3.97. The second-order valence-electron chi connectivity index (χ2n) is 6.39. The molecule has 7 nitrogen and oxygen atoms in total. The molecule has 0 fully saturated rings. The molecular weight excluding hydrogens is 346 g/mol. The van der Waals surface area contributed by atoms with Gasteiger partial charge in [0, 0.05) is 39.0 Å². The number of rotatable bonds is 5. The van der Waals surface area contributed by atoms with E-state index < -0.39 is 0 Å². The molecule has 2 heterocycles. The van der Waals surface area contributed by atoms with Gasteiger partial charge in [0.25, 0.3) is 5.91 Å². The molecule has 0 radical (unpaired) electrons. The van der Waals surface area contributed by atoms with Crippen molar-refractivity contribution in [2.45, 2.75) is 26.4 Å². The number of carbonyl (C=O) groups is 2. The smallest absolute Gasteiger partial charge is 0.253 e. The zero-order valence-electron chi connectivity index (χ0n) is 15.7. The van der Waals surface area contributed by atoms with Crippen molar-refractivity contribution in [2.24, 2.45) is 0 Å². The van der Waals surface area contributed by atoms with Crippen molar-refractivity contribution in [3.63, 3.8) is 0 Å². The Morgan fingerprint density at radius 1 is 1.19 bits per heavy atom. The van der Waals surface area contributed by atoms with Gasteiger partial charge in [-0.3, -0.25) is 14.6 Å². The van der Waals surface area contributed by atoms with Gasteiger partial charge in [-0.15, -0.1) is 0 Å². The molecule has 0 saturated carbocycles. The van der Waals surface area contributed by atoms with Crippen LogP contribution in [0.15, 0.2) is 30.6 Å². The molecule has 0 aliphatic carbocycles. The summed E-state index contributed by atoms with van der Waals surface area (Å²) in [5.41, 5.74) is 3.36. The minimum absolute atomic E-state index is 0.0314. The molecule has 0 spiro atoms. The zero-order chi connectivity index (χ0) is 19.4. The normalized spacial score (nSPS) is 12.9. The molecular formula is C20H23N3O4. The molecule has 0 unspecified atom stereocenters. The summed E-state index contributed by atoms with van der Waals surface area (Å²) < 4.78 is 10.5. The number of amides is 2. The van der Waals surface area contributed by atoms with E-state index in [1.165, 1.54) is 0 Å². The van der Waals surface area contributed by atoms with Crippen molar-refractivity contribution in [1.82, 2.24) is 15.2 Å². The van der Waals surface area contributed by atoms with Gasteiger partial charge in [-0.2, -0.15) is 0 Å². The van der Waals surface area contributed by atoms with Gasteiger partial charge in [0.2, 0.25) is 5.91 Å². The van der Waals surface area contributed by atoms with Gasteiger partial charge in [-0.05, 0) is 35.2 Å². The first kappa shape index (κ1) is 18.7. The highest BCUT2D eigenvalue weighted by atomic mass is 16.5. The van der Waals surface area contributed by atoms with Crippen molar-refractivity contribution in [1.29, 1.82) is 0 Å². The van der Waals surface area contributed by atoms with Gasteiger partial charge in [-0.1, -0.05) is 6.07 Å². The largest absolute Gasteiger partial charge is 0.493 e. The van der Waals surface area contributed by atoms with Crippen molar-refractivity contribution < 1.29 is 19.1 Å². The van der Waals surface area contributed by atoms with E-state index in [1.54, 1.807) is 38.4 Å². The average Bonchev–Trinajstić information content (AvgIpc) is 2.70. The van der Waals surface area contributed by atoms with Crippen molar-refractivity contribution in [3.05, 3.63) is 52.8 Å². The summed E-state index contributed by atoms with van der Waals surface area (Å²) in [4.78, 5) is 30.2. The maximum absolute atomic E-state index is 12.7. The van der Waals surface area contributed by atoms with Crippen LogP contribution < -0.4 is 14.8 Å². The van der Waals surface area contributed by atoms with Gasteiger partial charge < -0.3 is 19.7 Å². The van der Waals surface area contributed by atoms with E-state index in [2.05, 4.69) is 10.3 Å². The lowest BCUT2D eigenvalue weighted by Crippen LogP contribution is -2.36. The SMILES string of the molecule is COc1ccc(CNC(=O)c2cncc3c2CCN(C(C)=O)C3)cc1OC. The fraction of sp³-hybridized carbons (Fsp3) is 0.350. The number of hydrogen-bond donors (Lipinski definition) is 1. The Morgan fingerprint density at radius 2 is 1.96 bits per heavy atom. The number of aromatic nitrogens is 1. The molecule has 1 aliphatic rings. The summed E-state index contributed by atoms with van der Waals surface area (Å²) in [6, 6.07) is 5.52. The highest BCUT2D eigenvalue weighted by Gasteiger charge is 2.23. The Labute approximate surface area is 158 Å². The number of carbonyl (C=O) groups excluding carboxylic acids is 2.